The highest BCUT2D eigenvalue weighted by Gasteiger charge is 2.18. The molecule has 0 spiro atoms. The van der Waals surface area contributed by atoms with Crippen molar-refractivity contribution in [2.24, 2.45) is 0 Å². The third kappa shape index (κ3) is 2.24. The van der Waals surface area contributed by atoms with Crippen LogP contribution in [0.3, 0.4) is 0 Å². The minimum atomic E-state index is -1.48. The molecule has 0 atom stereocenters. The van der Waals surface area contributed by atoms with Gasteiger partial charge in [-0.1, -0.05) is 0 Å². The Morgan fingerprint density at radius 3 is 1.83 bits per heavy atom. The summed E-state index contributed by atoms with van der Waals surface area (Å²) < 4.78 is 1.29. The Morgan fingerprint density at radius 2 is 1.50 bits per heavy atom. The summed E-state index contributed by atoms with van der Waals surface area (Å²) in [7, 11) is -1.48. The first-order valence-electron chi connectivity index (χ1n) is 3.06. The van der Waals surface area contributed by atoms with Crippen LogP contribution in [-0.2, 0) is 0 Å². The van der Waals surface area contributed by atoms with E-state index < -0.39 is 7.12 Å². The summed E-state index contributed by atoms with van der Waals surface area (Å²) in [6.07, 6.45) is 0. The highest BCUT2D eigenvalue weighted by atomic mass is 127. The number of rotatable bonds is 1. The van der Waals surface area contributed by atoms with Gasteiger partial charge in [0.2, 0.25) is 0 Å². The summed E-state index contributed by atoms with van der Waals surface area (Å²) >= 11 is 3.88. The summed E-state index contributed by atoms with van der Waals surface area (Å²) in [5.74, 6) is 0.133. The molecule has 12 heavy (non-hydrogen) atoms. The van der Waals surface area contributed by atoms with Gasteiger partial charge in [0.05, 0.1) is 0 Å². The average molecular weight is 390 g/mol. The highest BCUT2D eigenvalue weighted by molar-refractivity contribution is 14.1. The lowest BCUT2D eigenvalue weighted by atomic mass is 9.80. The fraction of sp³-hybridized carbons (Fsp3) is 0. The lowest BCUT2D eigenvalue weighted by Crippen LogP contribution is -2.34. The molecule has 0 aliphatic heterocycles. The predicted molar refractivity (Wildman–Crippen MR) is 63.4 cm³/mol. The van der Waals surface area contributed by atoms with Crippen molar-refractivity contribution in [1.82, 2.24) is 0 Å². The molecular weight excluding hydrogens is 385 g/mol. The Kier molecular flexibility index (Phi) is 3.62. The van der Waals surface area contributed by atoms with E-state index in [0.29, 0.717) is 12.6 Å². The van der Waals surface area contributed by atoms with Crippen molar-refractivity contribution < 1.29 is 15.2 Å². The van der Waals surface area contributed by atoms with Crippen LogP contribution in [0.4, 0.5) is 0 Å². The molecule has 0 radical (unpaired) electrons. The standard InChI is InChI=1S/C6H5BI2O3/c8-4-1-3(10)2-5(9)6(4)7(11)12/h1-2,10-12H. The first-order chi connectivity index (χ1) is 5.52. The van der Waals surface area contributed by atoms with Crippen molar-refractivity contribution in [3.05, 3.63) is 19.3 Å². The molecule has 1 aromatic carbocycles. The molecule has 0 bridgehead atoms. The lowest BCUT2D eigenvalue weighted by Gasteiger charge is -2.06. The van der Waals surface area contributed by atoms with Crippen LogP contribution in [0.2, 0.25) is 0 Å². The van der Waals surface area contributed by atoms with Crippen molar-refractivity contribution in [3.8, 4) is 5.75 Å². The second-order valence-electron chi connectivity index (χ2n) is 2.20. The number of phenolic OH excluding ortho intramolecular Hbond substituents is 1. The van der Waals surface area contributed by atoms with Crippen LogP contribution in [0.1, 0.15) is 0 Å². The molecule has 3 nitrogen and oxygen atoms in total. The zero-order chi connectivity index (χ0) is 9.30. The third-order valence-electron chi connectivity index (χ3n) is 1.32. The molecule has 0 saturated heterocycles. The van der Waals surface area contributed by atoms with Crippen LogP contribution in [-0.4, -0.2) is 22.3 Å². The maximum Gasteiger partial charge on any atom is 0.490 e. The molecule has 0 amide bonds. The second-order valence-corrected chi connectivity index (χ2v) is 4.52. The van der Waals surface area contributed by atoms with Gasteiger partial charge in [0.15, 0.2) is 0 Å². The molecule has 0 fully saturated rings. The van der Waals surface area contributed by atoms with Crippen LogP contribution >= 0.6 is 45.2 Å². The normalized spacial score (nSPS) is 10.0. The van der Waals surface area contributed by atoms with E-state index in [1.54, 1.807) is 0 Å². The number of aromatic hydroxyl groups is 1. The fourth-order valence-electron chi connectivity index (χ4n) is 0.818. The number of halogens is 2. The zero-order valence-electron chi connectivity index (χ0n) is 5.83. The van der Waals surface area contributed by atoms with Gasteiger partial charge in [-0.05, 0) is 57.3 Å². The molecule has 64 valence electrons. The minimum Gasteiger partial charge on any atom is -0.508 e. The molecule has 1 aromatic rings. The van der Waals surface area contributed by atoms with Gasteiger partial charge < -0.3 is 15.2 Å². The van der Waals surface area contributed by atoms with Crippen LogP contribution in [0.5, 0.6) is 5.75 Å². The van der Waals surface area contributed by atoms with Gasteiger partial charge in [-0.25, -0.2) is 0 Å². The Bertz CT molecular complexity index is 280. The first kappa shape index (κ1) is 10.5. The van der Waals surface area contributed by atoms with Crippen molar-refractivity contribution in [2.75, 3.05) is 0 Å². The summed E-state index contributed by atoms with van der Waals surface area (Å²) in [4.78, 5) is 0. The van der Waals surface area contributed by atoms with Crippen LogP contribution in [0.25, 0.3) is 0 Å². The van der Waals surface area contributed by atoms with Crippen molar-refractivity contribution in [2.45, 2.75) is 0 Å². The SMILES string of the molecule is OB(O)c1c(I)cc(O)cc1I. The third-order valence-corrected chi connectivity index (χ3v) is 3.11. The van der Waals surface area contributed by atoms with Crippen molar-refractivity contribution in [1.29, 1.82) is 0 Å². The molecule has 6 heteroatoms. The Hall–Kier alpha value is 0.465. The number of hydrogen-bond acceptors (Lipinski definition) is 3. The largest absolute Gasteiger partial charge is 0.508 e. The van der Waals surface area contributed by atoms with E-state index in [4.69, 9.17) is 15.2 Å². The summed E-state index contributed by atoms with van der Waals surface area (Å²) in [6.45, 7) is 0. The maximum atomic E-state index is 9.13. The number of phenols is 1. The van der Waals surface area contributed by atoms with Gasteiger partial charge >= 0.3 is 7.12 Å². The van der Waals surface area contributed by atoms with Gasteiger partial charge in [-0.15, -0.1) is 0 Å². The predicted octanol–water partition coefficient (Wildman–Crippen LogP) is 0.281. The summed E-state index contributed by atoms with van der Waals surface area (Å²) in [5.41, 5.74) is 0.439. The Balaban J connectivity index is 3.28. The smallest absolute Gasteiger partial charge is 0.490 e. The zero-order valence-corrected chi connectivity index (χ0v) is 10.1. The summed E-state index contributed by atoms with van der Waals surface area (Å²) in [5, 5.41) is 27.0. The molecule has 0 aromatic heterocycles. The van der Waals surface area contributed by atoms with E-state index in [1.807, 2.05) is 45.2 Å². The quantitative estimate of drug-likeness (QED) is 0.478. The molecule has 0 unspecified atom stereocenters. The van der Waals surface area contributed by atoms with Gasteiger partial charge in [-0.2, -0.15) is 0 Å². The average Bonchev–Trinajstić information content (AvgIpc) is 1.82. The van der Waals surface area contributed by atoms with Crippen LogP contribution < -0.4 is 5.46 Å². The van der Waals surface area contributed by atoms with E-state index in [2.05, 4.69) is 0 Å². The van der Waals surface area contributed by atoms with Gasteiger partial charge in [-0.3, -0.25) is 0 Å². The van der Waals surface area contributed by atoms with Crippen LogP contribution in [0, 0.1) is 7.14 Å². The monoisotopic (exact) mass is 390 g/mol. The van der Waals surface area contributed by atoms with Gasteiger partial charge in [0, 0.05) is 12.6 Å². The second kappa shape index (κ2) is 4.12. The molecular formula is C6H5BI2O3. The minimum absolute atomic E-state index is 0.133. The lowest BCUT2D eigenvalue weighted by molar-refractivity contribution is 0.425. The molecule has 3 N–H and O–H groups in total. The highest BCUT2D eigenvalue weighted by Crippen LogP contribution is 2.17. The Morgan fingerprint density at radius 1 is 1.08 bits per heavy atom. The Labute approximate surface area is 97.2 Å². The van der Waals surface area contributed by atoms with Gasteiger partial charge in [0.1, 0.15) is 5.75 Å². The molecule has 0 saturated carbocycles. The summed E-state index contributed by atoms with van der Waals surface area (Å²) in [6, 6.07) is 2.97. The van der Waals surface area contributed by atoms with Crippen LogP contribution in [0.15, 0.2) is 12.1 Å². The van der Waals surface area contributed by atoms with E-state index in [9.17, 15) is 0 Å². The molecule has 0 aliphatic rings. The molecule has 0 aliphatic carbocycles. The van der Waals surface area contributed by atoms with E-state index in [0.717, 1.165) is 0 Å². The topological polar surface area (TPSA) is 60.7 Å². The van der Waals surface area contributed by atoms with Crippen molar-refractivity contribution in [3.63, 3.8) is 0 Å². The van der Waals surface area contributed by atoms with E-state index in [-0.39, 0.29) is 5.75 Å². The first-order valence-corrected chi connectivity index (χ1v) is 5.22. The van der Waals surface area contributed by atoms with Crippen molar-refractivity contribution >= 4 is 57.8 Å². The number of hydrogen-bond donors (Lipinski definition) is 3. The van der Waals surface area contributed by atoms with Gasteiger partial charge in [0.25, 0.3) is 0 Å². The maximum absolute atomic E-state index is 9.13. The molecule has 0 heterocycles. The fourth-order valence-corrected chi connectivity index (χ4v) is 3.11. The van der Waals surface area contributed by atoms with E-state index in [1.165, 1.54) is 12.1 Å². The van der Waals surface area contributed by atoms with E-state index >= 15 is 0 Å². The molecule has 1 rings (SSSR count). The number of benzene rings is 1.